The van der Waals surface area contributed by atoms with Gasteiger partial charge in [-0.3, -0.25) is 9.78 Å². The number of nitrogens with one attached hydrogen (secondary N) is 1. The predicted molar refractivity (Wildman–Crippen MR) is 150 cm³/mol. The minimum Gasteiger partial charge on any atom is -0.452 e. The van der Waals surface area contributed by atoms with Crippen LogP contribution < -0.4 is 10.1 Å². The summed E-state index contributed by atoms with van der Waals surface area (Å²) in [7, 11) is 0. The predicted octanol–water partition coefficient (Wildman–Crippen LogP) is 5.53. The molecular weight excluding hydrogens is 607 g/mol. The summed E-state index contributed by atoms with van der Waals surface area (Å²) >= 11 is 2.58. The lowest BCUT2D eigenvalue weighted by Crippen LogP contribution is -2.41. The molecule has 0 atom stereocenters. The molecular formula is C27H24F3N7O4S2. The zero-order valence-corrected chi connectivity index (χ0v) is 24.2. The topological polar surface area (TPSA) is 132 Å². The Balaban J connectivity index is 1.24. The summed E-state index contributed by atoms with van der Waals surface area (Å²) in [4.78, 5) is 43.1. The Labute approximate surface area is 252 Å². The maximum atomic E-state index is 12.3. The van der Waals surface area contributed by atoms with E-state index >= 15 is 0 Å². The SMILES string of the molecule is Cc1ncccc1Oc1cc(Sc2ccccn2)cnc1Nc1nc(C2CCN(C(=O)COC(=O)C(F)(F)F)CC2)ns1. The lowest BCUT2D eigenvalue weighted by atomic mass is 9.96. The maximum Gasteiger partial charge on any atom is 0.490 e. The molecule has 0 unspecified atom stereocenters. The van der Waals surface area contributed by atoms with Crippen molar-refractivity contribution in [2.75, 3.05) is 25.0 Å². The lowest BCUT2D eigenvalue weighted by molar-refractivity contribution is -0.200. The van der Waals surface area contributed by atoms with Gasteiger partial charge >= 0.3 is 12.1 Å². The first-order valence-electron chi connectivity index (χ1n) is 13.0. The van der Waals surface area contributed by atoms with Crippen LogP contribution in [0.5, 0.6) is 11.5 Å². The third-order valence-electron chi connectivity index (χ3n) is 6.30. The molecule has 5 heterocycles. The van der Waals surface area contributed by atoms with E-state index in [1.54, 1.807) is 24.7 Å². The van der Waals surface area contributed by atoms with Crippen molar-refractivity contribution in [3.63, 3.8) is 0 Å². The monoisotopic (exact) mass is 631 g/mol. The Morgan fingerprint density at radius 1 is 1.09 bits per heavy atom. The molecule has 224 valence electrons. The molecule has 5 rings (SSSR count). The van der Waals surface area contributed by atoms with Gasteiger partial charge in [0.15, 0.2) is 18.2 Å². The molecule has 0 bridgehead atoms. The van der Waals surface area contributed by atoms with E-state index in [9.17, 15) is 22.8 Å². The highest BCUT2D eigenvalue weighted by Gasteiger charge is 2.41. The van der Waals surface area contributed by atoms with Gasteiger partial charge in [-0.2, -0.15) is 17.5 Å². The normalized spacial score (nSPS) is 13.9. The Kier molecular flexibility index (Phi) is 9.35. The van der Waals surface area contributed by atoms with Crippen molar-refractivity contribution in [3.05, 3.63) is 66.5 Å². The van der Waals surface area contributed by atoms with Gasteiger partial charge in [0.1, 0.15) is 16.6 Å². The molecule has 0 aromatic carbocycles. The van der Waals surface area contributed by atoms with Crippen molar-refractivity contribution >= 4 is 46.1 Å². The minimum atomic E-state index is -5.14. The number of aryl methyl sites for hydroxylation is 1. The second-order valence-electron chi connectivity index (χ2n) is 9.29. The van der Waals surface area contributed by atoms with Gasteiger partial charge < -0.3 is 19.7 Å². The van der Waals surface area contributed by atoms with Crippen molar-refractivity contribution in [1.29, 1.82) is 0 Å². The number of anilines is 2. The number of hydrogen-bond acceptors (Lipinski definition) is 12. The van der Waals surface area contributed by atoms with Gasteiger partial charge in [-0.1, -0.05) is 17.8 Å². The molecule has 1 aliphatic rings. The van der Waals surface area contributed by atoms with E-state index in [4.69, 9.17) is 4.74 Å². The zero-order valence-electron chi connectivity index (χ0n) is 22.6. The molecule has 1 saturated heterocycles. The van der Waals surface area contributed by atoms with Crippen LogP contribution in [-0.4, -0.2) is 67.0 Å². The van der Waals surface area contributed by atoms with Crippen molar-refractivity contribution in [3.8, 4) is 11.5 Å². The second-order valence-corrected chi connectivity index (χ2v) is 11.1. The summed E-state index contributed by atoms with van der Waals surface area (Å²) in [5.41, 5.74) is 0.706. The highest BCUT2D eigenvalue weighted by molar-refractivity contribution is 7.99. The first-order valence-corrected chi connectivity index (χ1v) is 14.6. The van der Waals surface area contributed by atoms with Gasteiger partial charge in [-0.15, -0.1) is 0 Å². The van der Waals surface area contributed by atoms with E-state index in [1.165, 1.54) is 16.7 Å². The summed E-state index contributed by atoms with van der Waals surface area (Å²) in [5.74, 6) is -1.11. The number of aromatic nitrogens is 5. The van der Waals surface area contributed by atoms with Gasteiger partial charge in [-0.25, -0.2) is 19.7 Å². The fourth-order valence-electron chi connectivity index (χ4n) is 4.12. The molecule has 4 aromatic heterocycles. The van der Waals surface area contributed by atoms with Gasteiger partial charge in [0.2, 0.25) is 5.13 Å². The summed E-state index contributed by atoms with van der Waals surface area (Å²) in [5, 5.41) is 4.48. The third-order valence-corrected chi connectivity index (χ3v) is 7.86. The number of esters is 1. The molecule has 0 aliphatic carbocycles. The molecule has 16 heteroatoms. The lowest BCUT2D eigenvalue weighted by Gasteiger charge is -2.30. The molecule has 43 heavy (non-hydrogen) atoms. The van der Waals surface area contributed by atoms with Gasteiger partial charge in [-0.05, 0) is 44.0 Å². The summed E-state index contributed by atoms with van der Waals surface area (Å²) in [6.07, 6.45) is 0.954. The largest absolute Gasteiger partial charge is 0.490 e. The smallest absolute Gasteiger partial charge is 0.452 e. The van der Waals surface area contributed by atoms with Crippen molar-refractivity contribution in [2.45, 2.75) is 41.8 Å². The van der Waals surface area contributed by atoms with E-state index in [0.29, 0.717) is 46.8 Å². The van der Waals surface area contributed by atoms with Crippen LogP contribution in [0.25, 0.3) is 0 Å². The van der Waals surface area contributed by atoms with Crippen LogP contribution in [0.1, 0.15) is 30.3 Å². The number of hydrogen-bond donors (Lipinski definition) is 1. The maximum absolute atomic E-state index is 12.3. The average molecular weight is 632 g/mol. The molecule has 1 fully saturated rings. The Morgan fingerprint density at radius 2 is 1.88 bits per heavy atom. The molecule has 0 saturated carbocycles. The quantitative estimate of drug-likeness (QED) is 0.234. The zero-order chi connectivity index (χ0) is 30.4. The summed E-state index contributed by atoms with van der Waals surface area (Å²) in [6.45, 7) is 1.43. The van der Waals surface area contributed by atoms with Crippen LogP contribution in [0, 0.1) is 6.92 Å². The van der Waals surface area contributed by atoms with Gasteiger partial charge in [0.25, 0.3) is 5.91 Å². The number of piperidine rings is 1. The number of amides is 1. The van der Waals surface area contributed by atoms with Crippen LogP contribution in [-0.2, 0) is 14.3 Å². The van der Waals surface area contributed by atoms with E-state index in [1.807, 2.05) is 37.3 Å². The number of pyridine rings is 3. The number of halogens is 3. The fourth-order valence-corrected chi connectivity index (χ4v) is 5.54. The highest BCUT2D eigenvalue weighted by atomic mass is 32.2. The highest BCUT2D eigenvalue weighted by Crippen LogP contribution is 2.37. The molecule has 1 N–H and O–H groups in total. The number of carbonyl (C=O) groups is 2. The Morgan fingerprint density at radius 3 is 2.60 bits per heavy atom. The Hall–Kier alpha value is -4.31. The van der Waals surface area contributed by atoms with Crippen LogP contribution in [0.3, 0.4) is 0 Å². The van der Waals surface area contributed by atoms with E-state index in [0.717, 1.165) is 21.5 Å². The number of ether oxygens (including phenoxy) is 2. The summed E-state index contributed by atoms with van der Waals surface area (Å²) in [6, 6.07) is 11.1. The van der Waals surface area contributed by atoms with E-state index in [2.05, 4.69) is 34.4 Å². The number of nitrogens with zero attached hydrogens (tertiary/aromatic N) is 6. The number of rotatable bonds is 9. The first-order chi connectivity index (χ1) is 20.7. The van der Waals surface area contributed by atoms with Crippen LogP contribution in [0.2, 0.25) is 0 Å². The first kappa shape index (κ1) is 30.2. The van der Waals surface area contributed by atoms with Crippen molar-refractivity contribution < 1.29 is 32.2 Å². The summed E-state index contributed by atoms with van der Waals surface area (Å²) < 4.78 is 51.7. The van der Waals surface area contributed by atoms with E-state index < -0.39 is 24.7 Å². The van der Waals surface area contributed by atoms with Crippen LogP contribution in [0.15, 0.2) is 64.9 Å². The van der Waals surface area contributed by atoms with Gasteiger partial charge in [0.05, 0.1) is 5.69 Å². The number of alkyl halides is 3. The fraction of sp³-hybridized carbons (Fsp3) is 0.296. The molecule has 0 radical (unpaired) electrons. The Bertz CT molecular complexity index is 1580. The third kappa shape index (κ3) is 7.95. The molecule has 4 aromatic rings. The molecule has 0 spiro atoms. The van der Waals surface area contributed by atoms with Crippen LogP contribution in [0.4, 0.5) is 24.1 Å². The molecule has 1 amide bonds. The van der Waals surface area contributed by atoms with Crippen LogP contribution >= 0.6 is 23.3 Å². The molecule has 11 nitrogen and oxygen atoms in total. The van der Waals surface area contributed by atoms with Gasteiger partial charge in [0, 0.05) is 60.1 Å². The minimum absolute atomic E-state index is 0.0625. The standard InChI is InChI=1S/C27H24F3N7O4S2/c1-16-19(5-4-10-31-16)41-20-13-18(42-21-6-2-3-9-32-21)14-33-24(20)35-26-34-23(36-43-26)17-7-11-37(12-8-17)22(38)15-40-25(39)27(28,29)30/h2-6,9-10,13-14,17H,7-8,11-12,15H2,1H3,(H,33,34,35,36). The van der Waals surface area contributed by atoms with Crippen molar-refractivity contribution in [1.82, 2.24) is 29.2 Å². The number of carbonyl (C=O) groups excluding carboxylic acids is 2. The van der Waals surface area contributed by atoms with Crippen molar-refractivity contribution in [2.24, 2.45) is 0 Å². The second kappa shape index (κ2) is 13.3. The van der Waals surface area contributed by atoms with E-state index in [-0.39, 0.29) is 19.0 Å². The average Bonchev–Trinajstić information content (AvgIpc) is 3.47. The molecule has 1 aliphatic heterocycles. The number of likely N-dealkylation sites (tertiary alicyclic amines) is 1.